The summed E-state index contributed by atoms with van der Waals surface area (Å²) in [4.78, 5) is 25.4. The van der Waals surface area contributed by atoms with Crippen LogP contribution in [-0.2, 0) is 19.1 Å². The van der Waals surface area contributed by atoms with Crippen molar-refractivity contribution in [3.63, 3.8) is 0 Å². The topological polar surface area (TPSA) is 52.6 Å². The summed E-state index contributed by atoms with van der Waals surface area (Å²) in [6.07, 6.45) is 3.27. The summed E-state index contributed by atoms with van der Waals surface area (Å²) < 4.78 is 25.9. The fourth-order valence-corrected chi connectivity index (χ4v) is 4.20. The summed E-state index contributed by atoms with van der Waals surface area (Å²) in [6.45, 7) is 0. The maximum atomic E-state index is 16.5. The highest BCUT2D eigenvalue weighted by Gasteiger charge is 2.56. The van der Waals surface area contributed by atoms with E-state index in [1.807, 2.05) is 72.8 Å². The number of allylic oxidation sites excluding steroid dienone is 1. The Kier molecular flexibility index (Phi) is 6.22. The second kappa shape index (κ2) is 9.25. The number of carbonyl (C=O) groups excluding carboxylic acids is 2. The Balaban J connectivity index is 1.95. The van der Waals surface area contributed by atoms with Crippen molar-refractivity contribution in [1.29, 1.82) is 0 Å². The Hall–Kier alpha value is -3.99. The largest absolute Gasteiger partial charge is 0.466 e. The third-order valence-corrected chi connectivity index (χ3v) is 5.84. The van der Waals surface area contributed by atoms with Crippen LogP contribution in [0.15, 0.2) is 91.0 Å². The standard InChI is InChI=1S/C28H23FO4/c1-32-26(30)28(29,27(31)33-2)25(24-16-8-13-20-10-4-6-15-23(20)24)18-17-21-12-7-11-19-9-3-5-14-22(19)21/h3-18,25H,1-2H3/b18-17+. The van der Waals surface area contributed by atoms with Crippen LogP contribution in [0.5, 0.6) is 0 Å². The normalized spacial score (nSPS) is 12.7. The molecule has 0 bridgehead atoms. The molecular weight excluding hydrogens is 419 g/mol. The quantitative estimate of drug-likeness (QED) is 0.278. The lowest BCUT2D eigenvalue weighted by atomic mass is 9.80. The zero-order valence-corrected chi connectivity index (χ0v) is 18.3. The van der Waals surface area contributed by atoms with E-state index >= 15 is 4.39 Å². The molecule has 0 aliphatic rings. The molecule has 4 nitrogen and oxygen atoms in total. The van der Waals surface area contributed by atoms with Gasteiger partial charge in [-0.15, -0.1) is 0 Å². The predicted molar refractivity (Wildman–Crippen MR) is 128 cm³/mol. The van der Waals surface area contributed by atoms with Crippen LogP contribution in [0.3, 0.4) is 0 Å². The van der Waals surface area contributed by atoms with E-state index in [0.29, 0.717) is 5.56 Å². The van der Waals surface area contributed by atoms with Crippen LogP contribution < -0.4 is 0 Å². The number of benzene rings is 4. The first-order valence-corrected chi connectivity index (χ1v) is 10.5. The molecule has 0 aliphatic carbocycles. The van der Waals surface area contributed by atoms with E-state index in [4.69, 9.17) is 9.47 Å². The summed E-state index contributed by atoms with van der Waals surface area (Å²) in [7, 11) is 2.10. The molecule has 0 saturated carbocycles. The molecule has 1 unspecified atom stereocenters. The van der Waals surface area contributed by atoms with Crippen LogP contribution in [0.4, 0.5) is 4.39 Å². The van der Waals surface area contributed by atoms with Gasteiger partial charge in [-0.25, -0.2) is 14.0 Å². The molecule has 4 aromatic carbocycles. The van der Waals surface area contributed by atoms with E-state index in [1.165, 1.54) is 6.08 Å². The van der Waals surface area contributed by atoms with Gasteiger partial charge >= 0.3 is 17.6 Å². The third-order valence-electron chi connectivity index (χ3n) is 5.84. The van der Waals surface area contributed by atoms with Crippen molar-refractivity contribution in [3.8, 4) is 0 Å². The smallest absolute Gasteiger partial charge is 0.356 e. The molecule has 0 saturated heterocycles. The molecule has 5 heteroatoms. The number of carbonyl (C=O) groups is 2. The maximum Gasteiger partial charge on any atom is 0.356 e. The molecular formula is C28H23FO4. The molecule has 1 atom stereocenters. The summed E-state index contributed by atoms with van der Waals surface area (Å²) in [5.41, 5.74) is -1.77. The average Bonchev–Trinajstić information content (AvgIpc) is 2.87. The van der Waals surface area contributed by atoms with E-state index in [9.17, 15) is 9.59 Å². The number of alkyl halides is 1. The van der Waals surface area contributed by atoms with Crippen LogP contribution in [0.25, 0.3) is 27.6 Å². The van der Waals surface area contributed by atoms with Gasteiger partial charge in [0.2, 0.25) is 0 Å². The second-order valence-electron chi connectivity index (χ2n) is 7.67. The molecule has 0 spiro atoms. The van der Waals surface area contributed by atoms with Crippen molar-refractivity contribution in [2.75, 3.05) is 14.2 Å². The molecule has 0 N–H and O–H groups in total. The molecule has 0 radical (unpaired) electrons. The van der Waals surface area contributed by atoms with E-state index in [0.717, 1.165) is 41.3 Å². The first kappa shape index (κ1) is 22.2. The van der Waals surface area contributed by atoms with Gasteiger partial charge in [-0.3, -0.25) is 0 Å². The summed E-state index contributed by atoms with van der Waals surface area (Å²) in [6, 6.07) is 26.4. The fourth-order valence-electron chi connectivity index (χ4n) is 4.20. The molecule has 4 rings (SSSR count). The number of hydrogen-bond acceptors (Lipinski definition) is 4. The van der Waals surface area contributed by atoms with Crippen molar-refractivity contribution in [2.24, 2.45) is 0 Å². The first-order chi connectivity index (χ1) is 16.0. The lowest BCUT2D eigenvalue weighted by molar-refractivity contribution is -0.172. The number of halogens is 1. The number of methoxy groups -OCH3 is 2. The first-order valence-electron chi connectivity index (χ1n) is 10.5. The van der Waals surface area contributed by atoms with Crippen LogP contribution in [-0.4, -0.2) is 31.8 Å². The van der Waals surface area contributed by atoms with Gasteiger partial charge < -0.3 is 9.47 Å². The minimum atomic E-state index is -3.07. The zero-order chi connectivity index (χ0) is 23.4. The maximum absolute atomic E-state index is 16.5. The minimum Gasteiger partial charge on any atom is -0.466 e. The van der Waals surface area contributed by atoms with Gasteiger partial charge in [0.15, 0.2) is 0 Å². The molecule has 0 heterocycles. The van der Waals surface area contributed by atoms with E-state index in [-0.39, 0.29) is 0 Å². The van der Waals surface area contributed by atoms with Gasteiger partial charge in [0, 0.05) is 0 Å². The molecule has 33 heavy (non-hydrogen) atoms. The molecule has 0 amide bonds. The summed E-state index contributed by atoms with van der Waals surface area (Å²) in [5, 5.41) is 3.57. The lowest BCUT2D eigenvalue weighted by Crippen LogP contribution is -2.48. The third kappa shape index (κ3) is 3.98. The number of fused-ring (bicyclic) bond motifs is 2. The Morgan fingerprint density at radius 3 is 1.91 bits per heavy atom. The molecule has 0 aromatic heterocycles. The highest BCUT2D eigenvalue weighted by molar-refractivity contribution is 6.06. The van der Waals surface area contributed by atoms with Crippen LogP contribution in [0, 0.1) is 0 Å². The van der Waals surface area contributed by atoms with Crippen LogP contribution in [0.1, 0.15) is 17.0 Å². The van der Waals surface area contributed by atoms with Gasteiger partial charge in [-0.2, -0.15) is 0 Å². The molecule has 4 aromatic rings. The number of rotatable bonds is 6. The predicted octanol–water partition coefficient (Wildman–Crippen LogP) is 5.84. The summed E-state index contributed by atoms with van der Waals surface area (Å²) >= 11 is 0. The monoisotopic (exact) mass is 442 g/mol. The highest BCUT2D eigenvalue weighted by Crippen LogP contribution is 2.39. The highest BCUT2D eigenvalue weighted by atomic mass is 19.1. The summed E-state index contributed by atoms with van der Waals surface area (Å²) in [5.74, 6) is -3.91. The Morgan fingerprint density at radius 2 is 1.27 bits per heavy atom. The van der Waals surface area contributed by atoms with Crippen LogP contribution in [0.2, 0.25) is 0 Å². The van der Waals surface area contributed by atoms with Gasteiger partial charge in [0.25, 0.3) is 0 Å². The number of hydrogen-bond donors (Lipinski definition) is 0. The Bertz CT molecular complexity index is 1330. The lowest BCUT2D eigenvalue weighted by Gasteiger charge is -2.28. The minimum absolute atomic E-state index is 0.475. The number of esters is 2. The van der Waals surface area contributed by atoms with Crippen molar-refractivity contribution >= 4 is 39.6 Å². The fraction of sp³-hybridized carbons (Fsp3) is 0.143. The van der Waals surface area contributed by atoms with Gasteiger partial charge in [0.1, 0.15) is 0 Å². The van der Waals surface area contributed by atoms with Crippen molar-refractivity contribution < 1.29 is 23.5 Å². The van der Waals surface area contributed by atoms with E-state index < -0.39 is 23.5 Å². The van der Waals surface area contributed by atoms with Crippen molar-refractivity contribution in [2.45, 2.75) is 11.6 Å². The van der Waals surface area contributed by atoms with Crippen molar-refractivity contribution in [1.82, 2.24) is 0 Å². The van der Waals surface area contributed by atoms with Gasteiger partial charge in [-0.05, 0) is 32.7 Å². The number of ether oxygens (including phenoxy) is 2. The second-order valence-corrected chi connectivity index (χ2v) is 7.67. The van der Waals surface area contributed by atoms with Crippen LogP contribution >= 0.6 is 0 Å². The van der Waals surface area contributed by atoms with Gasteiger partial charge in [-0.1, -0.05) is 97.1 Å². The average molecular weight is 442 g/mol. The molecule has 166 valence electrons. The Labute approximate surface area is 191 Å². The molecule has 0 aliphatic heterocycles. The van der Waals surface area contributed by atoms with Crippen molar-refractivity contribution in [3.05, 3.63) is 102 Å². The SMILES string of the molecule is COC(=O)C(F)(C(=O)OC)C(/C=C/c1cccc2ccccc12)c1cccc2ccccc12. The van der Waals surface area contributed by atoms with E-state index in [1.54, 1.807) is 18.2 Å². The van der Waals surface area contributed by atoms with Gasteiger partial charge in [0.05, 0.1) is 20.1 Å². The zero-order valence-electron chi connectivity index (χ0n) is 18.3. The van der Waals surface area contributed by atoms with E-state index in [2.05, 4.69) is 0 Å². The molecule has 0 fully saturated rings. The Morgan fingerprint density at radius 1 is 0.758 bits per heavy atom.